The maximum absolute atomic E-state index is 14.1. The van der Waals surface area contributed by atoms with Crippen LogP contribution in [0.15, 0.2) is 63.6 Å². The van der Waals surface area contributed by atoms with E-state index < -0.39 is 17.7 Å². The molecule has 3 N–H and O–H groups in total. The Labute approximate surface area is 380 Å². The molecule has 2 saturated heterocycles. The van der Waals surface area contributed by atoms with Crippen LogP contribution in [0.3, 0.4) is 0 Å². The molecular formula is C50H54F2N8O6. The number of aliphatic hydroxyl groups is 2. The van der Waals surface area contributed by atoms with Crippen molar-refractivity contribution < 1.29 is 37.6 Å². The van der Waals surface area contributed by atoms with Gasteiger partial charge in [-0.05, 0) is 139 Å². The molecule has 4 aliphatic rings. The van der Waals surface area contributed by atoms with Crippen molar-refractivity contribution in [1.29, 1.82) is 0 Å². The van der Waals surface area contributed by atoms with Crippen LogP contribution in [0.2, 0.25) is 0 Å². The smallest absolute Gasteiger partial charge is 0.227 e. The average molecular weight is 901 g/mol. The van der Waals surface area contributed by atoms with Gasteiger partial charge in [0.15, 0.2) is 11.6 Å². The predicted octanol–water partition coefficient (Wildman–Crippen LogP) is 9.67. The van der Waals surface area contributed by atoms with Crippen LogP contribution in [0, 0.1) is 39.3 Å². The van der Waals surface area contributed by atoms with E-state index in [4.69, 9.17) is 19.0 Å². The highest BCUT2D eigenvalue weighted by atomic mass is 19.2. The number of benzene rings is 3. The van der Waals surface area contributed by atoms with Gasteiger partial charge < -0.3 is 38.6 Å². The summed E-state index contributed by atoms with van der Waals surface area (Å²) in [5.41, 5.74) is 9.63. The van der Waals surface area contributed by atoms with E-state index in [-0.39, 0.29) is 36.1 Å². The Morgan fingerprint density at radius 1 is 0.621 bits per heavy atom. The van der Waals surface area contributed by atoms with Crippen molar-refractivity contribution in [3.8, 4) is 22.3 Å². The molecule has 14 nitrogen and oxygen atoms in total. The zero-order valence-corrected chi connectivity index (χ0v) is 37.6. The maximum atomic E-state index is 14.1. The molecule has 4 aromatic heterocycles. The molecular weight excluding hydrogens is 847 g/mol. The largest absolute Gasteiger partial charge is 0.393 e. The average Bonchev–Trinajstić information content (AvgIpc) is 4.17. The van der Waals surface area contributed by atoms with E-state index in [1.165, 1.54) is 6.07 Å². The molecule has 7 aromatic rings. The Bertz CT molecular complexity index is 2930. The van der Waals surface area contributed by atoms with Crippen molar-refractivity contribution in [3.05, 3.63) is 101 Å². The van der Waals surface area contributed by atoms with Crippen LogP contribution < -0.4 is 10.2 Å². The van der Waals surface area contributed by atoms with Crippen molar-refractivity contribution in [2.45, 2.75) is 141 Å². The fourth-order valence-electron chi connectivity index (χ4n) is 10.9. The lowest BCUT2D eigenvalue weighted by Crippen LogP contribution is -2.31. The molecule has 0 spiro atoms. The van der Waals surface area contributed by atoms with Gasteiger partial charge in [-0.25, -0.2) is 18.7 Å². The maximum Gasteiger partial charge on any atom is 0.227 e. The van der Waals surface area contributed by atoms with Gasteiger partial charge >= 0.3 is 0 Å². The number of halogens is 2. The summed E-state index contributed by atoms with van der Waals surface area (Å²) in [6, 6.07) is 15.9. The third-order valence-electron chi connectivity index (χ3n) is 14.1. The number of rotatable bonds is 7. The molecule has 11 rings (SSSR count). The number of amides is 2. The van der Waals surface area contributed by atoms with E-state index in [0.717, 1.165) is 136 Å². The Hall–Kier alpha value is -6.26. The Morgan fingerprint density at radius 3 is 1.64 bits per heavy atom. The van der Waals surface area contributed by atoms with Crippen LogP contribution in [0.5, 0.6) is 0 Å². The molecule has 344 valence electrons. The second-order valence-electron chi connectivity index (χ2n) is 18.5. The van der Waals surface area contributed by atoms with Gasteiger partial charge in [-0.15, -0.1) is 0 Å². The normalized spacial score (nSPS) is 23.5. The summed E-state index contributed by atoms with van der Waals surface area (Å²) in [6.45, 7) is 7.64. The summed E-state index contributed by atoms with van der Waals surface area (Å²) >= 11 is 0. The number of aromatic nitrogens is 6. The van der Waals surface area contributed by atoms with Gasteiger partial charge in [-0.2, -0.15) is 0 Å². The number of anilines is 1. The first-order chi connectivity index (χ1) is 31.8. The second-order valence-corrected chi connectivity index (χ2v) is 18.5. The minimum atomic E-state index is -0.991. The lowest BCUT2D eigenvalue weighted by Gasteiger charge is -2.31. The van der Waals surface area contributed by atoms with Crippen molar-refractivity contribution in [2.75, 3.05) is 4.90 Å². The van der Waals surface area contributed by atoms with Gasteiger partial charge in [0.2, 0.25) is 11.8 Å². The number of carbonyl (C=O) groups is 2. The zero-order chi connectivity index (χ0) is 46.0. The third kappa shape index (κ3) is 7.97. The number of fused-ring (bicyclic) bond motifs is 2. The zero-order valence-electron chi connectivity index (χ0n) is 37.6. The summed E-state index contributed by atoms with van der Waals surface area (Å²) in [5, 5.41) is 31.3. The first-order valence-electron chi connectivity index (χ1n) is 23.2. The molecule has 2 aliphatic carbocycles. The molecule has 66 heavy (non-hydrogen) atoms. The van der Waals surface area contributed by atoms with Gasteiger partial charge in [0.1, 0.15) is 23.2 Å². The minimum absolute atomic E-state index is 0.0516. The van der Waals surface area contributed by atoms with Crippen LogP contribution in [-0.2, 0) is 9.59 Å². The molecule has 2 atom stereocenters. The van der Waals surface area contributed by atoms with E-state index in [9.17, 15) is 28.6 Å². The molecule has 3 aromatic carbocycles. The molecule has 0 unspecified atom stereocenters. The highest BCUT2D eigenvalue weighted by Gasteiger charge is 2.39. The Morgan fingerprint density at radius 2 is 1.15 bits per heavy atom. The van der Waals surface area contributed by atoms with Gasteiger partial charge in [-0.1, -0.05) is 22.4 Å². The van der Waals surface area contributed by atoms with Crippen LogP contribution in [-0.4, -0.2) is 63.7 Å². The monoisotopic (exact) mass is 900 g/mol. The molecule has 4 fully saturated rings. The summed E-state index contributed by atoms with van der Waals surface area (Å²) in [7, 11) is 0. The molecule has 0 bridgehead atoms. The number of nitrogens with zero attached hydrogens (tertiary/aromatic N) is 7. The van der Waals surface area contributed by atoms with Crippen molar-refractivity contribution in [1.82, 2.24) is 34.7 Å². The first-order valence-corrected chi connectivity index (χ1v) is 23.2. The SMILES string of the molecule is Cc1noc(C)c1-c1ccc2c(c1)nc([C@@H]1CCC(=O)N1)n2C1CCC(O)CC1.Cc1noc(C)c1-c1ccc2c(c1)nc([C@@H]1CCC(=O)N1c1ccc(F)c(F)c1)n2C1CCC(O)CC1. The topological polar surface area (TPSA) is 178 Å². The quantitative estimate of drug-likeness (QED) is 0.140. The predicted molar refractivity (Wildman–Crippen MR) is 242 cm³/mol. The van der Waals surface area contributed by atoms with Crippen molar-refractivity contribution in [3.63, 3.8) is 0 Å². The molecule has 2 amide bonds. The number of aliphatic hydroxyl groups excluding tert-OH is 2. The summed E-state index contributed by atoms with van der Waals surface area (Å²) < 4.78 is 43.0. The van der Waals surface area contributed by atoms with Gasteiger partial charge in [-0.3, -0.25) is 9.59 Å². The van der Waals surface area contributed by atoms with Crippen LogP contribution in [0.25, 0.3) is 44.3 Å². The third-order valence-corrected chi connectivity index (χ3v) is 14.1. The molecule has 6 heterocycles. The number of imidazole rings is 2. The highest BCUT2D eigenvalue weighted by molar-refractivity contribution is 5.96. The van der Waals surface area contributed by atoms with Gasteiger partial charge in [0.25, 0.3) is 0 Å². The van der Waals surface area contributed by atoms with Gasteiger partial charge in [0, 0.05) is 47.8 Å². The number of hydrogen-bond donors (Lipinski definition) is 3. The summed E-state index contributed by atoms with van der Waals surface area (Å²) in [4.78, 5) is 36.5. The lowest BCUT2D eigenvalue weighted by molar-refractivity contribution is -0.119. The molecule has 0 radical (unpaired) electrons. The van der Waals surface area contributed by atoms with Crippen molar-refractivity contribution >= 4 is 39.6 Å². The van der Waals surface area contributed by atoms with E-state index in [2.05, 4.69) is 43.0 Å². The van der Waals surface area contributed by atoms with E-state index >= 15 is 0 Å². The number of hydrogen-bond acceptors (Lipinski definition) is 10. The van der Waals surface area contributed by atoms with Crippen LogP contribution in [0.1, 0.15) is 136 Å². The molecule has 16 heteroatoms. The fraction of sp³-hybridized carbons (Fsp3) is 0.440. The number of carbonyl (C=O) groups excluding carboxylic acids is 2. The summed E-state index contributed by atoms with van der Waals surface area (Å²) in [5.74, 6) is 1.18. The standard InChI is InChI=1S/C28H28F2N4O3.C22H26N4O3/c1-15-27(16(2)37-32-15)17-3-10-24-23(13-17)31-28(34(24)18-4-7-20(35)8-5-18)25-11-12-26(36)33(25)19-6-9-21(29)22(30)14-19;1-12-21(13(2)29-25-12)14-3-9-19-18(11-14)24-22(17-8-10-20(28)23-17)26(19)15-4-6-16(27)7-5-15/h3,6,9-10,13-14,18,20,25,35H,4-5,7-8,11-12H2,1-2H3;3,9,11,15-17,27H,4-8,10H2,1-2H3,(H,23,28)/t18?,20?,25-;15?,16?,17-/m00/s1. The first kappa shape index (κ1) is 43.6. The van der Waals surface area contributed by atoms with Crippen molar-refractivity contribution in [2.24, 2.45) is 0 Å². The Balaban J connectivity index is 0.000000160. The van der Waals surface area contributed by atoms with Gasteiger partial charge in [0.05, 0.1) is 57.7 Å². The number of nitrogens with one attached hydrogen (secondary N) is 1. The number of aryl methyl sites for hydroxylation is 4. The van der Waals surface area contributed by atoms with Crippen LogP contribution in [0.4, 0.5) is 14.5 Å². The van der Waals surface area contributed by atoms with E-state index in [1.807, 2.05) is 45.9 Å². The minimum Gasteiger partial charge on any atom is -0.393 e. The summed E-state index contributed by atoms with van der Waals surface area (Å²) in [6.07, 6.45) is 8.02. The fourth-order valence-corrected chi connectivity index (χ4v) is 10.9. The second kappa shape index (κ2) is 17.5. The Kier molecular flexibility index (Phi) is 11.6. The van der Waals surface area contributed by atoms with E-state index in [1.54, 1.807) is 4.90 Å². The highest BCUT2D eigenvalue weighted by Crippen LogP contribution is 2.43. The molecule has 2 saturated carbocycles. The van der Waals surface area contributed by atoms with E-state index in [0.29, 0.717) is 43.8 Å². The lowest BCUT2D eigenvalue weighted by atomic mass is 9.92. The molecule has 2 aliphatic heterocycles. The van der Waals surface area contributed by atoms with Crippen LogP contribution >= 0.6 is 0 Å².